The minimum atomic E-state index is -1.21. The highest BCUT2D eigenvalue weighted by Gasteiger charge is 2.09. The third-order valence-corrected chi connectivity index (χ3v) is 2.05. The van der Waals surface area contributed by atoms with E-state index in [9.17, 15) is 14.7 Å². The molecule has 0 saturated carbocycles. The van der Waals surface area contributed by atoms with E-state index in [1.54, 1.807) is 0 Å². The predicted molar refractivity (Wildman–Crippen MR) is 50.9 cm³/mol. The van der Waals surface area contributed by atoms with Crippen molar-refractivity contribution in [3.8, 4) is 0 Å². The summed E-state index contributed by atoms with van der Waals surface area (Å²) in [5.41, 5.74) is 7.06. The Morgan fingerprint density at radius 3 is 2.53 bits per heavy atom. The summed E-state index contributed by atoms with van der Waals surface area (Å²) in [6.45, 7) is 1.49. The lowest BCUT2D eigenvalue weighted by atomic mass is 10.1. The molecule has 0 saturated heterocycles. The van der Waals surface area contributed by atoms with Crippen molar-refractivity contribution in [3.63, 3.8) is 0 Å². The molecule has 0 aromatic heterocycles. The summed E-state index contributed by atoms with van der Waals surface area (Å²) in [7, 11) is 0. The molecule has 1 atom stereocenters. The second-order valence-electron chi connectivity index (χ2n) is 3.47. The molecule has 0 aliphatic heterocycles. The average molecular weight is 218 g/mol. The third kappa shape index (κ3) is 7.90. The van der Waals surface area contributed by atoms with Crippen LogP contribution in [0.5, 0.6) is 0 Å². The van der Waals surface area contributed by atoms with Gasteiger partial charge in [-0.15, -0.1) is 0 Å². The van der Waals surface area contributed by atoms with Gasteiger partial charge in [0.25, 0.3) is 0 Å². The van der Waals surface area contributed by atoms with Crippen molar-refractivity contribution in [1.82, 2.24) is 5.32 Å². The van der Waals surface area contributed by atoms with E-state index in [2.05, 4.69) is 16.8 Å². The van der Waals surface area contributed by atoms with Gasteiger partial charge in [0.2, 0.25) is 5.91 Å². The van der Waals surface area contributed by atoms with Crippen LogP contribution in [0.1, 0.15) is 25.7 Å². The van der Waals surface area contributed by atoms with Gasteiger partial charge in [-0.1, -0.05) is 0 Å². The molecule has 0 radical (unpaired) electrons. The predicted octanol–water partition coefficient (Wildman–Crippen LogP) is -3.73. The average Bonchev–Trinajstić information content (AvgIpc) is 2.20. The number of hydrogen-bond donors (Lipinski definition) is 3. The van der Waals surface area contributed by atoms with E-state index < -0.39 is 12.0 Å². The lowest BCUT2D eigenvalue weighted by Gasteiger charge is -2.09. The Kier molecular flexibility index (Phi) is 7.57. The number of carboxylic acids is 1. The van der Waals surface area contributed by atoms with Crippen molar-refractivity contribution in [2.24, 2.45) is 0 Å². The Bertz CT molecular complexity index is 209. The third-order valence-electron chi connectivity index (χ3n) is 2.05. The quantitative estimate of drug-likeness (QED) is 0.363. The Hall–Kier alpha value is -1.14. The van der Waals surface area contributed by atoms with Crippen LogP contribution >= 0.6 is 0 Å². The van der Waals surface area contributed by atoms with Crippen LogP contribution < -0.4 is 21.9 Å². The maximum atomic E-state index is 11.2. The first-order chi connectivity index (χ1) is 7.07. The summed E-state index contributed by atoms with van der Waals surface area (Å²) in [5.74, 6) is -1.34. The zero-order valence-electron chi connectivity index (χ0n) is 8.96. The summed E-state index contributed by atoms with van der Waals surface area (Å²) < 4.78 is 0. The van der Waals surface area contributed by atoms with E-state index >= 15 is 0 Å². The molecule has 0 aliphatic carbocycles. The molecule has 6 nitrogen and oxygen atoms in total. The fourth-order valence-corrected chi connectivity index (χ4v) is 1.04. The van der Waals surface area contributed by atoms with Gasteiger partial charge in [-0.3, -0.25) is 4.79 Å². The lowest BCUT2D eigenvalue weighted by Crippen LogP contribution is -2.68. The van der Waals surface area contributed by atoms with Crippen molar-refractivity contribution in [2.75, 3.05) is 13.1 Å². The van der Waals surface area contributed by atoms with Crippen molar-refractivity contribution in [1.29, 1.82) is 0 Å². The number of aliphatic carboxylic acids is 1. The second-order valence-corrected chi connectivity index (χ2v) is 3.47. The second kappa shape index (κ2) is 8.19. The molecule has 0 heterocycles. The topological polar surface area (TPSA) is 125 Å². The van der Waals surface area contributed by atoms with Crippen LogP contribution in [0.4, 0.5) is 0 Å². The van der Waals surface area contributed by atoms with Gasteiger partial charge in [0.1, 0.15) is 6.04 Å². The molecule has 15 heavy (non-hydrogen) atoms. The number of hydrogen-bond acceptors (Lipinski definition) is 3. The number of unbranched alkanes of at least 4 members (excludes halogenated alkanes) is 1. The highest BCUT2D eigenvalue weighted by atomic mass is 16.4. The molecule has 0 aromatic rings. The highest BCUT2D eigenvalue weighted by molar-refractivity contribution is 5.77. The van der Waals surface area contributed by atoms with Gasteiger partial charge >= 0.3 is 0 Å². The molecule has 6 heteroatoms. The van der Waals surface area contributed by atoms with Crippen molar-refractivity contribution >= 4 is 11.9 Å². The van der Waals surface area contributed by atoms with Crippen LogP contribution in [-0.4, -0.2) is 31.0 Å². The SMILES string of the molecule is [NH3+]CCCCNC(=O)CC[C@H]([NH3+])C(=O)[O-]. The number of carboxylic acid groups (broad SMARTS) is 1. The summed E-state index contributed by atoms with van der Waals surface area (Å²) in [6.07, 6.45) is 2.30. The van der Waals surface area contributed by atoms with Crippen molar-refractivity contribution < 1.29 is 26.2 Å². The number of carbonyl (C=O) groups excluding carboxylic acids is 2. The van der Waals surface area contributed by atoms with E-state index in [0.29, 0.717) is 6.54 Å². The van der Waals surface area contributed by atoms with Crippen LogP contribution in [0.2, 0.25) is 0 Å². The van der Waals surface area contributed by atoms with E-state index in [-0.39, 0.29) is 18.7 Å². The zero-order valence-corrected chi connectivity index (χ0v) is 8.96. The zero-order chi connectivity index (χ0) is 11.7. The highest BCUT2D eigenvalue weighted by Crippen LogP contribution is 1.92. The number of quaternary nitrogens is 2. The summed E-state index contributed by atoms with van der Waals surface area (Å²) >= 11 is 0. The Balaban J connectivity index is 3.45. The Labute approximate surface area is 89.0 Å². The molecule has 0 rings (SSSR count). The largest absolute Gasteiger partial charge is 0.544 e. The standard InChI is InChI=1S/C9H19N3O3/c10-5-1-2-6-12-8(13)4-3-7(11)9(14)15/h7H,1-6,10-11H2,(H,12,13)(H,14,15)/p+1/t7-/m0/s1. The Morgan fingerprint density at radius 1 is 1.33 bits per heavy atom. The Morgan fingerprint density at radius 2 is 2.00 bits per heavy atom. The van der Waals surface area contributed by atoms with Gasteiger partial charge in [0.15, 0.2) is 0 Å². The maximum Gasteiger partial charge on any atom is 0.220 e. The van der Waals surface area contributed by atoms with Crippen LogP contribution in [0.25, 0.3) is 0 Å². The molecule has 0 unspecified atom stereocenters. The van der Waals surface area contributed by atoms with E-state index in [4.69, 9.17) is 0 Å². The first-order valence-corrected chi connectivity index (χ1v) is 5.17. The van der Waals surface area contributed by atoms with Crippen molar-refractivity contribution in [3.05, 3.63) is 0 Å². The summed E-state index contributed by atoms with van der Waals surface area (Å²) in [6, 6.07) is -0.810. The van der Waals surface area contributed by atoms with Crippen LogP contribution in [0.15, 0.2) is 0 Å². The van der Waals surface area contributed by atoms with E-state index in [1.807, 2.05) is 0 Å². The first-order valence-electron chi connectivity index (χ1n) is 5.17. The number of amides is 1. The minimum absolute atomic E-state index is 0.131. The van der Waals surface area contributed by atoms with E-state index in [0.717, 1.165) is 19.4 Å². The summed E-state index contributed by atoms with van der Waals surface area (Å²) in [4.78, 5) is 21.5. The van der Waals surface area contributed by atoms with E-state index in [1.165, 1.54) is 0 Å². The molecule has 1 amide bonds. The van der Waals surface area contributed by atoms with Crippen LogP contribution in [0.3, 0.4) is 0 Å². The van der Waals surface area contributed by atoms with Crippen LogP contribution in [0, 0.1) is 0 Å². The van der Waals surface area contributed by atoms with Crippen LogP contribution in [-0.2, 0) is 9.59 Å². The lowest BCUT2D eigenvalue weighted by molar-refractivity contribution is -0.438. The monoisotopic (exact) mass is 218 g/mol. The number of carbonyl (C=O) groups is 2. The maximum absolute atomic E-state index is 11.2. The number of nitrogens with one attached hydrogen (secondary N) is 1. The minimum Gasteiger partial charge on any atom is -0.544 e. The molecular formula is C9H20N3O3+. The number of rotatable bonds is 8. The van der Waals surface area contributed by atoms with Gasteiger partial charge in [-0.05, 0) is 12.8 Å². The first kappa shape index (κ1) is 13.9. The van der Waals surface area contributed by atoms with Gasteiger partial charge in [0.05, 0.1) is 12.5 Å². The van der Waals surface area contributed by atoms with Gasteiger partial charge in [-0.2, -0.15) is 0 Å². The van der Waals surface area contributed by atoms with Gasteiger partial charge in [0, 0.05) is 19.4 Å². The molecule has 0 fully saturated rings. The normalized spacial score (nSPS) is 12.1. The molecule has 0 aliphatic rings. The molecule has 0 bridgehead atoms. The molecule has 7 N–H and O–H groups in total. The fraction of sp³-hybridized carbons (Fsp3) is 0.778. The smallest absolute Gasteiger partial charge is 0.220 e. The molecule has 0 spiro atoms. The summed E-state index contributed by atoms with van der Waals surface area (Å²) in [5, 5.41) is 13.0. The fourth-order valence-electron chi connectivity index (χ4n) is 1.04. The molecule has 0 aromatic carbocycles. The molecular weight excluding hydrogens is 198 g/mol. The molecule has 88 valence electrons. The van der Waals surface area contributed by atoms with Gasteiger partial charge in [-0.25, -0.2) is 0 Å². The van der Waals surface area contributed by atoms with Gasteiger partial charge < -0.3 is 26.7 Å². The van der Waals surface area contributed by atoms with Crippen molar-refractivity contribution in [2.45, 2.75) is 31.7 Å².